The fourth-order valence-corrected chi connectivity index (χ4v) is 3.25. The largest absolute Gasteiger partial charge is 0.456 e. The summed E-state index contributed by atoms with van der Waals surface area (Å²) < 4.78 is 60.7. The molecule has 0 saturated heterocycles. The maximum atomic E-state index is 12.6. The van der Waals surface area contributed by atoms with Crippen LogP contribution in [0.3, 0.4) is 0 Å². The van der Waals surface area contributed by atoms with E-state index in [0.717, 1.165) is 18.2 Å². The summed E-state index contributed by atoms with van der Waals surface area (Å²) in [7, 11) is -1.83. The number of ether oxygens (including phenoxy) is 1. The van der Waals surface area contributed by atoms with Gasteiger partial charge in [-0.25, -0.2) is 0 Å². The summed E-state index contributed by atoms with van der Waals surface area (Å²) in [5, 5.41) is 0.0557. The molecule has 9 heteroatoms. The van der Waals surface area contributed by atoms with E-state index in [2.05, 4.69) is 0 Å². The Morgan fingerprint density at radius 2 is 1.83 bits per heavy atom. The molecule has 2 aromatic carbocycles. The second-order valence-corrected chi connectivity index (χ2v) is 7.94. The Labute approximate surface area is 141 Å². The van der Waals surface area contributed by atoms with Crippen LogP contribution < -0.4 is 15.8 Å². The van der Waals surface area contributed by atoms with Gasteiger partial charge in [0.2, 0.25) is 7.37 Å². The van der Waals surface area contributed by atoms with E-state index in [0.29, 0.717) is 0 Å². The molecule has 1 unspecified atom stereocenters. The Morgan fingerprint density at radius 3 is 2.38 bits per heavy atom. The van der Waals surface area contributed by atoms with Crippen LogP contribution >= 0.6 is 19.0 Å². The van der Waals surface area contributed by atoms with E-state index in [1.165, 1.54) is 32.0 Å². The van der Waals surface area contributed by atoms with Crippen LogP contribution in [0.1, 0.15) is 5.56 Å². The molecule has 0 saturated carbocycles. The van der Waals surface area contributed by atoms with Gasteiger partial charge in [0, 0.05) is 19.5 Å². The lowest BCUT2D eigenvalue weighted by atomic mass is 10.2. The number of alkyl halides is 3. The van der Waals surface area contributed by atoms with E-state index in [4.69, 9.17) is 26.6 Å². The number of hydrogen-bond acceptors (Lipinski definition) is 4. The third-order valence-corrected chi connectivity index (χ3v) is 5.53. The van der Waals surface area contributed by atoms with Crippen LogP contribution in [0.15, 0.2) is 36.4 Å². The van der Waals surface area contributed by atoms with Gasteiger partial charge in [-0.15, -0.1) is 0 Å². The lowest BCUT2D eigenvalue weighted by molar-refractivity contribution is -0.137. The molecule has 0 bridgehead atoms. The fraction of sp³-hybridized carbons (Fsp3) is 0.200. The monoisotopic (exact) mass is 379 g/mol. The van der Waals surface area contributed by atoms with Crippen molar-refractivity contribution < 1.29 is 27.0 Å². The number of rotatable bonds is 4. The number of anilines is 1. The molecule has 24 heavy (non-hydrogen) atoms. The Morgan fingerprint density at radius 1 is 1.17 bits per heavy atom. The SMILES string of the molecule is COP(C)(=O)c1cc(Oc2ccc(C(F)(F)F)cc2Cl)ccc1N. The summed E-state index contributed by atoms with van der Waals surface area (Å²) in [6.07, 6.45) is -4.50. The second kappa shape index (κ2) is 6.67. The average Bonchev–Trinajstić information content (AvgIpc) is 2.50. The Kier molecular flexibility index (Phi) is 5.18. The molecule has 0 heterocycles. The van der Waals surface area contributed by atoms with Gasteiger partial charge in [0.05, 0.1) is 15.9 Å². The lowest BCUT2D eigenvalue weighted by Gasteiger charge is -2.16. The highest BCUT2D eigenvalue weighted by molar-refractivity contribution is 7.66. The molecule has 0 radical (unpaired) electrons. The van der Waals surface area contributed by atoms with Gasteiger partial charge in [-0.1, -0.05) is 11.6 Å². The molecule has 130 valence electrons. The first-order chi connectivity index (χ1) is 11.0. The number of nitrogen functional groups attached to an aromatic ring is 1. The van der Waals surface area contributed by atoms with Crippen molar-refractivity contribution in [2.24, 2.45) is 0 Å². The summed E-state index contributed by atoms with van der Waals surface area (Å²) in [4.78, 5) is 0. The maximum Gasteiger partial charge on any atom is 0.416 e. The van der Waals surface area contributed by atoms with Gasteiger partial charge in [-0.2, -0.15) is 13.2 Å². The Hall–Kier alpha value is -1.69. The number of hydrogen-bond donors (Lipinski definition) is 1. The van der Waals surface area contributed by atoms with E-state index in [-0.39, 0.29) is 27.5 Å². The zero-order valence-corrected chi connectivity index (χ0v) is 14.4. The topological polar surface area (TPSA) is 61.5 Å². The van der Waals surface area contributed by atoms with Crippen molar-refractivity contribution in [2.45, 2.75) is 6.18 Å². The number of nitrogens with two attached hydrogens (primary N) is 1. The van der Waals surface area contributed by atoms with Crippen LogP contribution in [0.25, 0.3) is 0 Å². The third kappa shape index (κ3) is 4.04. The Balaban J connectivity index is 2.36. The predicted molar refractivity (Wildman–Crippen MR) is 87.6 cm³/mol. The van der Waals surface area contributed by atoms with Crippen LogP contribution in [-0.4, -0.2) is 13.8 Å². The third-order valence-electron chi connectivity index (χ3n) is 3.27. The van der Waals surface area contributed by atoms with Crippen LogP contribution in [-0.2, 0) is 15.3 Å². The molecular formula is C15H14ClF3NO3P. The molecule has 0 aliphatic carbocycles. The van der Waals surface area contributed by atoms with E-state index in [9.17, 15) is 17.7 Å². The minimum atomic E-state index is -4.50. The van der Waals surface area contributed by atoms with Crippen molar-refractivity contribution in [3.8, 4) is 11.5 Å². The molecule has 2 N–H and O–H groups in total. The zero-order valence-electron chi connectivity index (χ0n) is 12.7. The minimum absolute atomic E-state index is 0.0312. The van der Waals surface area contributed by atoms with Crippen LogP contribution in [0.4, 0.5) is 18.9 Å². The highest BCUT2D eigenvalue weighted by atomic mass is 35.5. The molecule has 0 aliphatic rings. The van der Waals surface area contributed by atoms with Crippen LogP contribution in [0, 0.1) is 0 Å². The van der Waals surface area contributed by atoms with Crippen LogP contribution in [0.5, 0.6) is 11.5 Å². The first-order valence-corrected chi connectivity index (χ1v) is 9.07. The molecule has 0 aliphatic heterocycles. The number of benzene rings is 2. The van der Waals surface area contributed by atoms with Crippen molar-refractivity contribution in [1.82, 2.24) is 0 Å². The predicted octanol–water partition coefficient (Wildman–Crippen LogP) is 4.91. The van der Waals surface area contributed by atoms with E-state index in [1.54, 1.807) is 0 Å². The first-order valence-electron chi connectivity index (χ1n) is 6.62. The molecule has 0 aromatic heterocycles. The van der Waals surface area contributed by atoms with Crippen molar-refractivity contribution in [1.29, 1.82) is 0 Å². The minimum Gasteiger partial charge on any atom is -0.456 e. The van der Waals surface area contributed by atoms with E-state index < -0.39 is 19.1 Å². The van der Waals surface area contributed by atoms with E-state index in [1.807, 2.05) is 0 Å². The maximum absolute atomic E-state index is 12.6. The van der Waals surface area contributed by atoms with Gasteiger partial charge in [0.15, 0.2) is 0 Å². The van der Waals surface area contributed by atoms with Crippen molar-refractivity contribution in [3.63, 3.8) is 0 Å². The van der Waals surface area contributed by atoms with E-state index >= 15 is 0 Å². The summed E-state index contributed by atoms with van der Waals surface area (Å²) in [5.74, 6) is 0.253. The standard InChI is InChI=1S/C15H14ClF3NO3P/c1-22-24(2,21)14-8-10(4-5-12(14)20)23-13-6-3-9(7-11(13)16)15(17,18)19/h3-8H,20H2,1-2H3. The highest BCUT2D eigenvalue weighted by Gasteiger charge is 2.31. The summed E-state index contributed by atoms with van der Waals surface area (Å²) in [6.45, 7) is 1.40. The van der Waals surface area contributed by atoms with Gasteiger partial charge in [0.25, 0.3) is 0 Å². The molecule has 0 fully saturated rings. The second-order valence-electron chi connectivity index (χ2n) is 4.99. The van der Waals surface area contributed by atoms with Gasteiger partial charge >= 0.3 is 6.18 Å². The van der Waals surface area contributed by atoms with Crippen LogP contribution in [0.2, 0.25) is 5.02 Å². The van der Waals surface area contributed by atoms with Gasteiger partial charge in [0.1, 0.15) is 11.5 Å². The highest BCUT2D eigenvalue weighted by Crippen LogP contribution is 2.43. The molecule has 2 aromatic rings. The average molecular weight is 380 g/mol. The van der Waals surface area contributed by atoms with Crippen molar-refractivity contribution in [2.75, 3.05) is 19.5 Å². The lowest BCUT2D eigenvalue weighted by Crippen LogP contribution is -2.11. The molecular weight excluding hydrogens is 366 g/mol. The fourth-order valence-electron chi connectivity index (χ4n) is 1.92. The normalized spacial score (nSPS) is 14.2. The smallest absolute Gasteiger partial charge is 0.416 e. The summed E-state index contributed by atoms with van der Waals surface area (Å²) >= 11 is 5.84. The zero-order chi connectivity index (χ0) is 18.1. The van der Waals surface area contributed by atoms with Crippen molar-refractivity contribution in [3.05, 3.63) is 47.0 Å². The molecule has 0 spiro atoms. The molecule has 2 rings (SSSR count). The van der Waals surface area contributed by atoms with Gasteiger partial charge in [-0.3, -0.25) is 4.57 Å². The quantitative estimate of drug-likeness (QED) is 0.605. The summed E-state index contributed by atoms with van der Waals surface area (Å²) in [6, 6.07) is 7.12. The Bertz CT molecular complexity index is 811. The van der Waals surface area contributed by atoms with Gasteiger partial charge in [-0.05, 0) is 36.4 Å². The molecule has 1 atom stereocenters. The van der Waals surface area contributed by atoms with Gasteiger partial charge < -0.3 is 15.0 Å². The first kappa shape index (κ1) is 18.6. The molecule has 4 nitrogen and oxygen atoms in total. The summed E-state index contributed by atoms with van der Waals surface area (Å²) in [5.41, 5.74) is 5.16. The number of halogens is 4. The van der Waals surface area contributed by atoms with Crippen molar-refractivity contribution >= 4 is 30.0 Å². The molecule has 0 amide bonds.